The van der Waals surface area contributed by atoms with E-state index in [9.17, 15) is 9.59 Å². The lowest BCUT2D eigenvalue weighted by atomic mass is 10.4. The van der Waals surface area contributed by atoms with E-state index in [2.05, 4.69) is 16.6 Å². The van der Waals surface area contributed by atoms with Gasteiger partial charge in [-0.05, 0) is 5.92 Å². The van der Waals surface area contributed by atoms with Gasteiger partial charge >= 0.3 is 5.97 Å². The number of hydrogen-bond donors (Lipinski definition) is 0. The van der Waals surface area contributed by atoms with Crippen LogP contribution < -0.4 is 0 Å². The molecule has 0 saturated carbocycles. The Morgan fingerprint density at radius 2 is 2.00 bits per heavy atom. The normalized spacial score (nSPS) is 7.40. The average Bonchev–Trinajstić information content (AvgIpc) is 1.79. The van der Waals surface area contributed by atoms with Crippen molar-refractivity contribution >= 4 is 11.8 Å². The maximum atomic E-state index is 10.2. The van der Waals surface area contributed by atoms with Crippen molar-refractivity contribution in [3.8, 4) is 11.8 Å². The van der Waals surface area contributed by atoms with Crippen molar-refractivity contribution in [1.82, 2.24) is 0 Å². The Morgan fingerprint density at radius 1 is 1.40 bits per heavy atom. The third-order valence-electron chi connectivity index (χ3n) is 0.612. The number of ether oxygens (including phenoxy) is 1. The van der Waals surface area contributed by atoms with E-state index in [1.54, 1.807) is 0 Å². The minimum absolute atomic E-state index is 0.00505. The van der Waals surface area contributed by atoms with Crippen LogP contribution in [0.4, 0.5) is 0 Å². The first-order chi connectivity index (χ1) is 4.63. The Kier molecular flexibility index (Phi) is 3.97. The zero-order valence-electron chi connectivity index (χ0n) is 5.93. The molecule has 0 aromatic carbocycles. The standard InChI is InChI=1S/C7H8O3/c1-6(8)4-3-5-10-7(2)9/h5H2,1-2H3. The molecular formula is C7H8O3. The minimum atomic E-state index is -0.391. The van der Waals surface area contributed by atoms with E-state index in [1.807, 2.05) is 0 Å². The van der Waals surface area contributed by atoms with Gasteiger partial charge in [-0.3, -0.25) is 9.59 Å². The summed E-state index contributed by atoms with van der Waals surface area (Å²) in [5, 5.41) is 0. The van der Waals surface area contributed by atoms with Gasteiger partial charge in [-0.25, -0.2) is 0 Å². The van der Waals surface area contributed by atoms with Gasteiger partial charge in [0.1, 0.15) is 0 Å². The quantitative estimate of drug-likeness (QED) is 0.295. The summed E-state index contributed by atoms with van der Waals surface area (Å²) in [7, 11) is 0. The van der Waals surface area contributed by atoms with Crippen molar-refractivity contribution in [1.29, 1.82) is 0 Å². The summed E-state index contributed by atoms with van der Waals surface area (Å²) >= 11 is 0. The molecule has 0 saturated heterocycles. The van der Waals surface area contributed by atoms with Crippen molar-refractivity contribution in [2.24, 2.45) is 0 Å². The summed E-state index contributed by atoms with van der Waals surface area (Å²) in [6.45, 7) is 2.63. The lowest BCUT2D eigenvalue weighted by Gasteiger charge is -1.89. The van der Waals surface area contributed by atoms with Crippen molar-refractivity contribution in [3.63, 3.8) is 0 Å². The zero-order chi connectivity index (χ0) is 7.98. The molecule has 0 aliphatic carbocycles. The van der Waals surface area contributed by atoms with Gasteiger partial charge in [-0.2, -0.15) is 0 Å². The van der Waals surface area contributed by atoms with Crippen LogP contribution in [0.3, 0.4) is 0 Å². The highest BCUT2D eigenvalue weighted by Crippen LogP contribution is 1.72. The topological polar surface area (TPSA) is 43.4 Å². The third-order valence-corrected chi connectivity index (χ3v) is 0.612. The van der Waals surface area contributed by atoms with Crippen LogP contribution in [0, 0.1) is 11.8 Å². The lowest BCUT2D eigenvalue weighted by Crippen LogP contribution is -1.98. The second-order valence-corrected chi connectivity index (χ2v) is 1.64. The molecule has 0 bridgehead atoms. The SMILES string of the molecule is CC(=O)C#CCOC(C)=O. The Labute approximate surface area is 59.4 Å². The highest BCUT2D eigenvalue weighted by atomic mass is 16.5. The number of rotatable bonds is 1. The first-order valence-corrected chi connectivity index (χ1v) is 2.75. The number of hydrogen-bond acceptors (Lipinski definition) is 3. The van der Waals surface area contributed by atoms with E-state index in [0.717, 1.165) is 0 Å². The fraction of sp³-hybridized carbons (Fsp3) is 0.429. The fourth-order valence-corrected chi connectivity index (χ4v) is 0.298. The molecular weight excluding hydrogens is 132 g/mol. The van der Waals surface area contributed by atoms with Gasteiger partial charge < -0.3 is 4.74 Å². The summed E-state index contributed by atoms with van der Waals surface area (Å²) in [4.78, 5) is 20.3. The van der Waals surface area contributed by atoms with Gasteiger partial charge in [-0.15, -0.1) is 0 Å². The highest BCUT2D eigenvalue weighted by Gasteiger charge is 1.86. The third kappa shape index (κ3) is 6.70. The molecule has 0 radical (unpaired) electrons. The van der Waals surface area contributed by atoms with Crippen LogP contribution in [0.5, 0.6) is 0 Å². The molecule has 10 heavy (non-hydrogen) atoms. The largest absolute Gasteiger partial charge is 0.453 e. The molecule has 0 spiro atoms. The number of ketones is 1. The van der Waals surface area contributed by atoms with Gasteiger partial charge in [0, 0.05) is 13.8 Å². The first-order valence-electron chi connectivity index (χ1n) is 2.75. The molecule has 0 amide bonds. The second-order valence-electron chi connectivity index (χ2n) is 1.64. The first kappa shape index (κ1) is 8.70. The zero-order valence-corrected chi connectivity index (χ0v) is 5.93. The molecule has 0 aromatic rings. The molecule has 3 nitrogen and oxygen atoms in total. The number of carbonyl (C=O) groups is 2. The van der Waals surface area contributed by atoms with Crippen molar-refractivity contribution in [2.75, 3.05) is 6.61 Å². The van der Waals surface area contributed by atoms with E-state index < -0.39 is 5.97 Å². The van der Waals surface area contributed by atoms with E-state index >= 15 is 0 Å². The van der Waals surface area contributed by atoms with Crippen LogP contribution in [0.1, 0.15) is 13.8 Å². The summed E-state index contributed by atoms with van der Waals surface area (Å²) in [6.07, 6.45) is 0. The second kappa shape index (κ2) is 4.57. The summed E-state index contributed by atoms with van der Waals surface area (Å²) in [5.41, 5.74) is 0. The van der Waals surface area contributed by atoms with Gasteiger partial charge in [-0.1, -0.05) is 5.92 Å². The van der Waals surface area contributed by atoms with Crippen molar-refractivity contribution in [2.45, 2.75) is 13.8 Å². The van der Waals surface area contributed by atoms with Crippen LogP contribution in [0.25, 0.3) is 0 Å². The van der Waals surface area contributed by atoms with Gasteiger partial charge in [0.15, 0.2) is 6.61 Å². The lowest BCUT2D eigenvalue weighted by molar-refractivity contribution is -0.139. The smallest absolute Gasteiger partial charge is 0.303 e. The molecule has 0 aliphatic heterocycles. The summed E-state index contributed by atoms with van der Waals surface area (Å²) < 4.78 is 4.43. The van der Waals surface area contributed by atoms with E-state index in [1.165, 1.54) is 13.8 Å². The number of carbonyl (C=O) groups excluding carboxylic acids is 2. The van der Waals surface area contributed by atoms with Crippen LogP contribution in [0.2, 0.25) is 0 Å². The molecule has 0 heterocycles. The van der Waals surface area contributed by atoms with E-state index in [-0.39, 0.29) is 12.4 Å². The Balaban J connectivity index is 3.48. The van der Waals surface area contributed by atoms with Crippen LogP contribution in [-0.2, 0) is 14.3 Å². The fourth-order valence-electron chi connectivity index (χ4n) is 0.298. The highest BCUT2D eigenvalue weighted by molar-refractivity contribution is 5.93. The predicted molar refractivity (Wildman–Crippen MR) is 35.1 cm³/mol. The number of Topliss-reactive ketones (excluding diaryl/α,β-unsaturated/α-hetero) is 1. The Hall–Kier alpha value is -1.30. The monoisotopic (exact) mass is 140 g/mol. The van der Waals surface area contributed by atoms with Crippen LogP contribution in [0.15, 0.2) is 0 Å². The molecule has 0 aliphatic rings. The molecule has 0 fully saturated rings. The number of esters is 1. The summed E-state index contributed by atoms with van der Waals surface area (Å²) in [6, 6.07) is 0. The molecule has 54 valence electrons. The van der Waals surface area contributed by atoms with E-state index in [4.69, 9.17) is 0 Å². The van der Waals surface area contributed by atoms with Gasteiger partial charge in [0.25, 0.3) is 0 Å². The summed E-state index contributed by atoms with van der Waals surface area (Å²) in [5.74, 6) is 3.99. The van der Waals surface area contributed by atoms with Crippen molar-refractivity contribution in [3.05, 3.63) is 0 Å². The Morgan fingerprint density at radius 3 is 2.40 bits per heavy atom. The predicted octanol–water partition coefficient (Wildman–Crippen LogP) is 0.142. The Bertz CT molecular complexity index is 195. The molecule has 0 aromatic heterocycles. The average molecular weight is 140 g/mol. The molecule has 3 heteroatoms. The van der Waals surface area contributed by atoms with Crippen LogP contribution in [-0.4, -0.2) is 18.4 Å². The maximum absolute atomic E-state index is 10.2. The maximum Gasteiger partial charge on any atom is 0.303 e. The molecule has 0 unspecified atom stereocenters. The van der Waals surface area contributed by atoms with Gasteiger partial charge in [0.05, 0.1) is 0 Å². The van der Waals surface area contributed by atoms with Crippen molar-refractivity contribution < 1.29 is 14.3 Å². The van der Waals surface area contributed by atoms with E-state index in [0.29, 0.717) is 0 Å². The molecule has 0 atom stereocenters. The molecule has 0 rings (SSSR count). The molecule has 0 N–H and O–H groups in total. The minimum Gasteiger partial charge on any atom is -0.453 e. The van der Waals surface area contributed by atoms with Gasteiger partial charge in [0.2, 0.25) is 5.78 Å². The van der Waals surface area contributed by atoms with Crippen LogP contribution >= 0.6 is 0 Å².